The summed E-state index contributed by atoms with van der Waals surface area (Å²) in [4.78, 5) is 7.16. The van der Waals surface area contributed by atoms with Crippen molar-refractivity contribution >= 4 is 0 Å². The van der Waals surface area contributed by atoms with E-state index in [-0.39, 0.29) is 0 Å². The van der Waals surface area contributed by atoms with Crippen molar-refractivity contribution in [3.8, 4) is 0 Å². The number of hydrogen-bond acceptors (Lipinski definition) is 4. The summed E-state index contributed by atoms with van der Waals surface area (Å²) in [6.07, 6.45) is 9.44. The van der Waals surface area contributed by atoms with Crippen molar-refractivity contribution in [2.24, 2.45) is 5.92 Å². The van der Waals surface area contributed by atoms with Gasteiger partial charge in [-0.25, -0.2) is 4.98 Å². The third kappa shape index (κ3) is 3.68. The van der Waals surface area contributed by atoms with Crippen molar-refractivity contribution in [2.75, 3.05) is 20.3 Å². The number of ether oxygens (including phenoxy) is 1. The zero-order valence-electron chi connectivity index (χ0n) is 16.3. The summed E-state index contributed by atoms with van der Waals surface area (Å²) in [5, 5.41) is 11.7. The second kappa shape index (κ2) is 8.13. The molecule has 0 amide bonds. The van der Waals surface area contributed by atoms with Gasteiger partial charge in [0.25, 0.3) is 0 Å². The summed E-state index contributed by atoms with van der Waals surface area (Å²) in [5.41, 5.74) is 0.386. The zero-order chi connectivity index (χ0) is 18.7. The Morgan fingerprint density at radius 1 is 1.22 bits per heavy atom. The van der Waals surface area contributed by atoms with E-state index < -0.39 is 5.60 Å². The first-order chi connectivity index (χ1) is 13.2. The van der Waals surface area contributed by atoms with Crippen molar-refractivity contribution in [3.63, 3.8) is 0 Å². The molecule has 2 fully saturated rings. The summed E-state index contributed by atoms with van der Waals surface area (Å²) < 4.78 is 7.42. The third-order valence-corrected chi connectivity index (χ3v) is 6.55. The number of piperidine rings is 1. The number of fused-ring (bicyclic) bond motifs is 1. The number of aromatic nitrogens is 2. The van der Waals surface area contributed by atoms with Gasteiger partial charge in [-0.15, -0.1) is 0 Å². The van der Waals surface area contributed by atoms with Gasteiger partial charge in [0.15, 0.2) is 0 Å². The zero-order valence-corrected chi connectivity index (χ0v) is 16.3. The molecule has 0 unspecified atom stereocenters. The topological polar surface area (TPSA) is 50.5 Å². The van der Waals surface area contributed by atoms with E-state index in [2.05, 4.69) is 26.6 Å². The maximum Gasteiger partial charge on any atom is 0.122 e. The van der Waals surface area contributed by atoms with Crippen LogP contribution in [-0.4, -0.2) is 45.9 Å². The molecule has 1 N–H and O–H groups in total. The van der Waals surface area contributed by atoms with Gasteiger partial charge in [-0.1, -0.05) is 43.2 Å². The Balaban J connectivity index is 1.55. The first kappa shape index (κ1) is 18.7. The van der Waals surface area contributed by atoms with E-state index in [1.54, 1.807) is 7.11 Å². The van der Waals surface area contributed by atoms with Crippen LogP contribution >= 0.6 is 0 Å². The Hall–Kier alpha value is -1.69. The summed E-state index contributed by atoms with van der Waals surface area (Å²) in [6, 6.07) is 10.7. The SMILES string of the molecule is COCCn1ccnc1CN1CC[C@@](O)(c2ccccc2)[C@H]2CCCC[C@@H]21. The van der Waals surface area contributed by atoms with Gasteiger partial charge in [-0.2, -0.15) is 0 Å². The van der Waals surface area contributed by atoms with E-state index in [4.69, 9.17) is 4.74 Å². The second-order valence-corrected chi connectivity index (χ2v) is 8.00. The van der Waals surface area contributed by atoms with Gasteiger partial charge in [0.1, 0.15) is 5.82 Å². The van der Waals surface area contributed by atoms with Crippen molar-refractivity contribution in [2.45, 2.75) is 56.8 Å². The maximum absolute atomic E-state index is 11.7. The number of nitrogens with zero attached hydrogens (tertiary/aromatic N) is 3. The minimum Gasteiger partial charge on any atom is -0.385 e. The normalized spacial score (nSPS) is 28.8. The summed E-state index contributed by atoms with van der Waals surface area (Å²) >= 11 is 0. The van der Waals surface area contributed by atoms with Crippen LogP contribution in [-0.2, 0) is 23.4 Å². The monoisotopic (exact) mass is 369 g/mol. The van der Waals surface area contributed by atoms with Crippen molar-refractivity contribution < 1.29 is 9.84 Å². The molecule has 2 heterocycles. The molecule has 0 spiro atoms. The molecule has 5 nitrogen and oxygen atoms in total. The molecular formula is C22H31N3O2. The van der Waals surface area contributed by atoms with Gasteiger partial charge >= 0.3 is 0 Å². The van der Waals surface area contributed by atoms with E-state index in [0.29, 0.717) is 18.6 Å². The molecule has 1 saturated heterocycles. The highest BCUT2D eigenvalue weighted by Gasteiger charge is 2.49. The van der Waals surface area contributed by atoms with Crippen LogP contribution in [0.3, 0.4) is 0 Å². The number of hydrogen-bond donors (Lipinski definition) is 1. The van der Waals surface area contributed by atoms with Crippen LogP contribution in [0.5, 0.6) is 0 Å². The molecule has 4 rings (SSSR count). The largest absolute Gasteiger partial charge is 0.385 e. The smallest absolute Gasteiger partial charge is 0.122 e. The molecule has 1 aliphatic carbocycles. The fourth-order valence-corrected chi connectivity index (χ4v) is 5.12. The summed E-state index contributed by atoms with van der Waals surface area (Å²) in [5.74, 6) is 1.39. The highest BCUT2D eigenvalue weighted by molar-refractivity contribution is 5.25. The third-order valence-electron chi connectivity index (χ3n) is 6.55. The molecule has 146 valence electrons. The standard InChI is InChI=1S/C22H31N3O2/c1-27-16-15-24-14-12-23-21(24)17-25-13-11-22(26,18-7-3-2-4-8-18)19-9-5-6-10-20(19)25/h2-4,7-8,12,14,19-20,26H,5-6,9-11,13,15-17H2,1H3/t19-,20-,22+/m0/s1. The van der Waals surface area contributed by atoms with E-state index in [9.17, 15) is 5.11 Å². The van der Waals surface area contributed by atoms with Crippen molar-refractivity contribution in [3.05, 3.63) is 54.1 Å². The lowest BCUT2D eigenvalue weighted by molar-refractivity contribution is -0.123. The van der Waals surface area contributed by atoms with Crippen LogP contribution in [0.2, 0.25) is 0 Å². The van der Waals surface area contributed by atoms with Crippen molar-refractivity contribution in [1.82, 2.24) is 14.5 Å². The lowest BCUT2D eigenvalue weighted by atomic mass is 9.66. The van der Waals surface area contributed by atoms with Gasteiger partial charge in [0.05, 0.1) is 18.8 Å². The first-order valence-corrected chi connectivity index (χ1v) is 10.2. The molecule has 0 bridgehead atoms. The molecule has 1 aromatic carbocycles. The quantitative estimate of drug-likeness (QED) is 0.850. The summed E-state index contributed by atoms with van der Waals surface area (Å²) in [7, 11) is 1.73. The number of benzene rings is 1. The summed E-state index contributed by atoms with van der Waals surface area (Å²) in [6.45, 7) is 3.29. The van der Waals surface area contributed by atoms with Crippen LogP contribution in [0.4, 0.5) is 0 Å². The minimum atomic E-state index is -0.700. The van der Waals surface area contributed by atoms with Crippen LogP contribution in [0.25, 0.3) is 0 Å². The predicted molar refractivity (Wildman–Crippen MR) is 105 cm³/mol. The fraction of sp³-hybridized carbons (Fsp3) is 0.591. The molecular weight excluding hydrogens is 338 g/mol. The number of rotatable bonds is 6. The van der Waals surface area contributed by atoms with Gasteiger partial charge < -0.3 is 14.4 Å². The van der Waals surface area contributed by atoms with Crippen molar-refractivity contribution in [1.29, 1.82) is 0 Å². The Labute approximate surface area is 162 Å². The average Bonchev–Trinajstić information content (AvgIpc) is 3.16. The lowest BCUT2D eigenvalue weighted by Gasteiger charge is -2.52. The molecule has 1 aliphatic heterocycles. The van der Waals surface area contributed by atoms with E-state index >= 15 is 0 Å². The molecule has 27 heavy (non-hydrogen) atoms. The Kier molecular flexibility index (Phi) is 5.62. The lowest BCUT2D eigenvalue weighted by Crippen LogP contribution is -2.57. The average molecular weight is 370 g/mol. The number of likely N-dealkylation sites (tertiary alicyclic amines) is 1. The fourth-order valence-electron chi connectivity index (χ4n) is 5.12. The molecule has 1 saturated carbocycles. The Morgan fingerprint density at radius 3 is 2.85 bits per heavy atom. The van der Waals surface area contributed by atoms with E-state index in [1.165, 1.54) is 19.3 Å². The van der Waals surface area contributed by atoms with Gasteiger partial charge in [0.2, 0.25) is 0 Å². The molecule has 3 atom stereocenters. The molecule has 2 aliphatic rings. The highest BCUT2D eigenvalue weighted by atomic mass is 16.5. The van der Waals surface area contributed by atoms with Crippen LogP contribution < -0.4 is 0 Å². The van der Waals surface area contributed by atoms with Crippen LogP contribution in [0.1, 0.15) is 43.5 Å². The Bertz CT molecular complexity index is 732. The van der Waals surface area contributed by atoms with Gasteiger partial charge in [-0.3, -0.25) is 4.90 Å². The molecule has 5 heteroatoms. The predicted octanol–water partition coefficient (Wildman–Crippen LogP) is 3.18. The van der Waals surface area contributed by atoms with Crippen LogP contribution in [0.15, 0.2) is 42.7 Å². The van der Waals surface area contributed by atoms with Crippen LogP contribution in [0, 0.1) is 5.92 Å². The molecule has 2 aromatic rings. The number of aliphatic hydroxyl groups is 1. The number of methoxy groups -OCH3 is 1. The molecule has 0 radical (unpaired) electrons. The minimum absolute atomic E-state index is 0.296. The van der Waals surface area contributed by atoms with E-state index in [0.717, 1.165) is 43.9 Å². The first-order valence-electron chi connectivity index (χ1n) is 10.2. The Morgan fingerprint density at radius 2 is 2.04 bits per heavy atom. The van der Waals surface area contributed by atoms with Gasteiger partial charge in [0, 0.05) is 44.6 Å². The maximum atomic E-state index is 11.7. The second-order valence-electron chi connectivity index (χ2n) is 8.00. The highest BCUT2D eigenvalue weighted by Crippen LogP contribution is 2.47. The number of imidazole rings is 1. The van der Waals surface area contributed by atoms with E-state index in [1.807, 2.05) is 30.6 Å². The molecule has 1 aromatic heterocycles. The van der Waals surface area contributed by atoms with Gasteiger partial charge in [-0.05, 0) is 24.8 Å².